The van der Waals surface area contributed by atoms with Gasteiger partial charge in [0.15, 0.2) is 0 Å². The van der Waals surface area contributed by atoms with Crippen molar-refractivity contribution in [3.8, 4) is 0 Å². The lowest BCUT2D eigenvalue weighted by Crippen LogP contribution is -2.36. The van der Waals surface area contributed by atoms with Crippen molar-refractivity contribution in [2.75, 3.05) is 0 Å². The lowest BCUT2D eigenvalue weighted by molar-refractivity contribution is -0.125. The molecule has 0 aromatic heterocycles. The van der Waals surface area contributed by atoms with Crippen LogP contribution >= 0.6 is 0 Å². The van der Waals surface area contributed by atoms with Crippen molar-refractivity contribution in [2.24, 2.45) is 23.7 Å². The quantitative estimate of drug-likeness (QED) is 0.782. The van der Waals surface area contributed by atoms with Crippen molar-refractivity contribution in [3.05, 3.63) is 11.3 Å². The van der Waals surface area contributed by atoms with E-state index in [1.165, 1.54) is 30.5 Å². The minimum atomic E-state index is 0.0828. The number of rotatable bonds is 5. The van der Waals surface area contributed by atoms with Crippen LogP contribution in [0.5, 0.6) is 0 Å². The number of amides is 1. The van der Waals surface area contributed by atoms with Gasteiger partial charge in [0.05, 0.1) is 0 Å². The molecule has 2 heteroatoms. The Labute approximate surface area is 112 Å². The number of carbonyl (C=O) groups is 1. The molecule has 1 saturated carbocycles. The van der Waals surface area contributed by atoms with Gasteiger partial charge in [0.25, 0.3) is 0 Å². The Bertz CT molecular complexity index is 322. The van der Waals surface area contributed by atoms with Crippen molar-refractivity contribution < 1.29 is 4.79 Å². The molecule has 1 rings (SSSR count). The van der Waals surface area contributed by atoms with Crippen molar-refractivity contribution in [2.45, 2.75) is 60.8 Å². The molecule has 0 saturated heterocycles. The number of nitrogens with one attached hydrogen (secondary N) is 1. The van der Waals surface area contributed by atoms with Crippen molar-refractivity contribution in [1.29, 1.82) is 0 Å². The van der Waals surface area contributed by atoms with Gasteiger partial charge in [-0.3, -0.25) is 4.79 Å². The molecule has 0 radical (unpaired) electrons. The van der Waals surface area contributed by atoms with E-state index in [2.05, 4.69) is 39.9 Å². The normalized spacial score (nSPS) is 18.6. The number of hydrogen-bond acceptors (Lipinski definition) is 1. The Morgan fingerprint density at radius 2 is 1.61 bits per heavy atom. The van der Waals surface area contributed by atoms with E-state index >= 15 is 0 Å². The van der Waals surface area contributed by atoms with Gasteiger partial charge in [0.2, 0.25) is 5.91 Å². The predicted octanol–water partition coefficient (Wildman–Crippen LogP) is 4.12. The molecular formula is C16H29NO. The lowest BCUT2D eigenvalue weighted by atomic mass is 9.84. The molecule has 1 fully saturated rings. The van der Waals surface area contributed by atoms with Crippen LogP contribution in [0, 0.1) is 23.7 Å². The zero-order chi connectivity index (χ0) is 13.9. The number of allylic oxidation sites excluding steroid dienone is 2. The molecule has 0 bridgehead atoms. The van der Waals surface area contributed by atoms with Crippen LogP contribution in [0.25, 0.3) is 0 Å². The van der Waals surface area contributed by atoms with E-state index in [9.17, 15) is 4.79 Å². The monoisotopic (exact) mass is 251 g/mol. The smallest absolute Gasteiger partial charge is 0.227 e. The Hall–Kier alpha value is -0.790. The average molecular weight is 251 g/mol. The summed E-state index contributed by atoms with van der Waals surface area (Å²) in [7, 11) is 0. The molecule has 1 aliphatic carbocycles. The van der Waals surface area contributed by atoms with Crippen LogP contribution in [0.3, 0.4) is 0 Å². The first-order valence-electron chi connectivity index (χ1n) is 7.37. The van der Waals surface area contributed by atoms with Crippen LogP contribution in [0.15, 0.2) is 11.3 Å². The highest BCUT2D eigenvalue weighted by Crippen LogP contribution is 2.31. The zero-order valence-corrected chi connectivity index (χ0v) is 12.8. The van der Waals surface area contributed by atoms with Gasteiger partial charge in [-0.1, -0.05) is 47.1 Å². The molecule has 0 heterocycles. The van der Waals surface area contributed by atoms with E-state index < -0.39 is 0 Å². The molecule has 2 unspecified atom stereocenters. The second kappa shape index (κ2) is 6.40. The van der Waals surface area contributed by atoms with Gasteiger partial charge < -0.3 is 5.32 Å². The third-order valence-corrected chi connectivity index (χ3v) is 4.43. The maximum Gasteiger partial charge on any atom is 0.227 e. The van der Waals surface area contributed by atoms with Gasteiger partial charge >= 0.3 is 0 Å². The van der Waals surface area contributed by atoms with Gasteiger partial charge in [-0.05, 0) is 37.0 Å². The maximum atomic E-state index is 12.3. The molecule has 1 amide bonds. The molecule has 18 heavy (non-hydrogen) atoms. The van der Waals surface area contributed by atoms with E-state index in [0.717, 1.165) is 0 Å². The van der Waals surface area contributed by atoms with Crippen molar-refractivity contribution in [1.82, 2.24) is 5.32 Å². The van der Waals surface area contributed by atoms with Gasteiger partial charge in [-0.25, -0.2) is 0 Å². The molecular weight excluding hydrogens is 222 g/mol. The molecule has 2 nitrogen and oxygen atoms in total. The Kier molecular flexibility index (Phi) is 5.43. The van der Waals surface area contributed by atoms with E-state index in [4.69, 9.17) is 0 Å². The number of carbonyl (C=O) groups excluding carboxylic acids is 1. The second-order valence-electron chi connectivity index (χ2n) is 6.41. The van der Waals surface area contributed by atoms with Crippen molar-refractivity contribution >= 4 is 5.91 Å². The maximum absolute atomic E-state index is 12.3. The third kappa shape index (κ3) is 3.60. The van der Waals surface area contributed by atoms with Gasteiger partial charge in [0.1, 0.15) is 0 Å². The number of hydrogen-bond donors (Lipinski definition) is 1. The lowest BCUT2D eigenvalue weighted by Gasteiger charge is -2.28. The summed E-state index contributed by atoms with van der Waals surface area (Å²) < 4.78 is 0. The van der Waals surface area contributed by atoms with Crippen LogP contribution < -0.4 is 5.32 Å². The highest BCUT2D eigenvalue weighted by molar-refractivity contribution is 5.80. The first-order chi connectivity index (χ1) is 8.34. The van der Waals surface area contributed by atoms with Crippen molar-refractivity contribution in [3.63, 3.8) is 0 Å². The van der Waals surface area contributed by atoms with E-state index in [1.807, 2.05) is 6.92 Å². The predicted molar refractivity (Wildman–Crippen MR) is 77.0 cm³/mol. The summed E-state index contributed by atoms with van der Waals surface area (Å²) in [5.74, 6) is 1.67. The third-order valence-electron chi connectivity index (χ3n) is 4.43. The summed E-state index contributed by atoms with van der Waals surface area (Å²) >= 11 is 0. The van der Waals surface area contributed by atoms with Crippen LogP contribution in [-0.4, -0.2) is 5.91 Å². The highest BCUT2D eigenvalue weighted by Gasteiger charge is 2.25. The Morgan fingerprint density at radius 1 is 1.06 bits per heavy atom. The standard InChI is InChI=1S/C16H29NO/c1-10(2)12(5)13(6)16(18)17-15(11(3)4)14-8-7-9-14/h10-13H,7-9H2,1-6H3,(H,17,18). The SMILES string of the molecule is CC(C)C(NC(=O)C(C)C(C)C(C)C)=C1CCC1. The Balaban J connectivity index is 2.68. The summed E-state index contributed by atoms with van der Waals surface area (Å²) in [6, 6.07) is 0. The van der Waals surface area contributed by atoms with Crippen LogP contribution in [-0.2, 0) is 4.79 Å². The fourth-order valence-electron chi connectivity index (χ4n) is 2.33. The first-order valence-corrected chi connectivity index (χ1v) is 7.37. The van der Waals surface area contributed by atoms with Crippen LogP contribution in [0.2, 0.25) is 0 Å². The van der Waals surface area contributed by atoms with Crippen LogP contribution in [0.1, 0.15) is 60.8 Å². The second-order valence-corrected chi connectivity index (χ2v) is 6.41. The molecule has 104 valence electrons. The van der Waals surface area contributed by atoms with E-state index in [1.54, 1.807) is 0 Å². The minimum Gasteiger partial charge on any atom is -0.329 e. The molecule has 0 aliphatic heterocycles. The summed E-state index contributed by atoms with van der Waals surface area (Å²) in [5.41, 5.74) is 2.65. The topological polar surface area (TPSA) is 29.1 Å². The molecule has 1 aliphatic rings. The molecule has 0 aromatic rings. The minimum absolute atomic E-state index is 0.0828. The molecule has 0 spiro atoms. The highest BCUT2D eigenvalue weighted by atomic mass is 16.1. The first kappa shape index (κ1) is 15.3. The average Bonchev–Trinajstić information content (AvgIpc) is 2.23. The summed E-state index contributed by atoms with van der Waals surface area (Å²) in [5, 5.41) is 3.19. The Morgan fingerprint density at radius 3 is 1.94 bits per heavy atom. The molecule has 1 N–H and O–H groups in total. The molecule has 2 atom stereocenters. The summed E-state index contributed by atoms with van der Waals surface area (Å²) in [6.45, 7) is 12.9. The van der Waals surface area contributed by atoms with Gasteiger partial charge in [-0.2, -0.15) is 0 Å². The van der Waals surface area contributed by atoms with E-state index in [-0.39, 0.29) is 11.8 Å². The fraction of sp³-hybridized carbons (Fsp3) is 0.812. The summed E-state index contributed by atoms with van der Waals surface area (Å²) in [6.07, 6.45) is 3.61. The van der Waals surface area contributed by atoms with Gasteiger partial charge in [-0.15, -0.1) is 0 Å². The fourth-order valence-corrected chi connectivity index (χ4v) is 2.33. The largest absolute Gasteiger partial charge is 0.329 e. The molecule has 0 aromatic carbocycles. The van der Waals surface area contributed by atoms with E-state index in [0.29, 0.717) is 17.8 Å². The van der Waals surface area contributed by atoms with Gasteiger partial charge in [0, 0.05) is 11.6 Å². The summed E-state index contributed by atoms with van der Waals surface area (Å²) in [4.78, 5) is 12.3. The zero-order valence-electron chi connectivity index (χ0n) is 12.8. The van der Waals surface area contributed by atoms with Crippen LogP contribution in [0.4, 0.5) is 0 Å².